The maximum Gasteiger partial charge on any atom is 0.258 e. The Morgan fingerprint density at radius 2 is 1.71 bits per heavy atom. The van der Waals surface area contributed by atoms with Crippen LogP contribution in [0.25, 0.3) is 0 Å². The summed E-state index contributed by atoms with van der Waals surface area (Å²) in [6.45, 7) is 13.2. The SMILES string of the molecule is COC1(S(=O)(=O)c2ccc(C#N)cc2)C=C(O[Si](C(C)C)(C(C)C)C(C)C)C=CC1C1(N2CCC[C@H]2C(=O)N(C)C)C(=O)Nc2ccc(Cl)cc21. The molecule has 5 rings (SSSR count). The summed E-state index contributed by atoms with van der Waals surface area (Å²) in [6.07, 6.45) is 6.07. The molecule has 0 aromatic heterocycles. The van der Waals surface area contributed by atoms with E-state index in [0.29, 0.717) is 47.0 Å². The van der Waals surface area contributed by atoms with Crippen molar-refractivity contribution in [3.63, 3.8) is 0 Å². The summed E-state index contributed by atoms with van der Waals surface area (Å²) in [5, 5.41) is 12.9. The maximum atomic E-state index is 15.4. The fourth-order valence-corrected chi connectivity index (χ4v) is 16.3. The summed E-state index contributed by atoms with van der Waals surface area (Å²) in [6, 6.07) is 12.0. The largest absolute Gasteiger partial charge is 0.543 e. The highest BCUT2D eigenvalue weighted by atomic mass is 35.5. The molecule has 274 valence electrons. The summed E-state index contributed by atoms with van der Waals surface area (Å²) in [7, 11) is -2.51. The molecule has 1 N–H and O–H groups in total. The molecule has 1 saturated heterocycles. The predicted molar refractivity (Wildman–Crippen MR) is 201 cm³/mol. The molecule has 1 aliphatic carbocycles. The Kier molecular flexibility index (Phi) is 10.8. The Morgan fingerprint density at radius 3 is 2.25 bits per heavy atom. The highest BCUT2D eigenvalue weighted by Crippen LogP contribution is 2.57. The molecule has 10 nitrogen and oxygen atoms in total. The maximum absolute atomic E-state index is 15.4. The highest BCUT2D eigenvalue weighted by Gasteiger charge is 2.68. The zero-order chi connectivity index (χ0) is 37.7. The Hall–Kier alpha value is -3.47. The van der Waals surface area contributed by atoms with Crippen molar-refractivity contribution >= 4 is 47.3 Å². The summed E-state index contributed by atoms with van der Waals surface area (Å²) in [5.41, 5.74) is -0.000824. The molecule has 3 aliphatic rings. The van der Waals surface area contributed by atoms with E-state index in [1.54, 1.807) is 44.4 Å². The quantitative estimate of drug-likeness (QED) is 0.243. The third-order valence-electron chi connectivity index (χ3n) is 11.1. The van der Waals surface area contributed by atoms with Gasteiger partial charge in [-0.15, -0.1) is 0 Å². The van der Waals surface area contributed by atoms with Crippen LogP contribution in [0.3, 0.4) is 0 Å². The molecule has 0 radical (unpaired) electrons. The summed E-state index contributed by atoms with van der Waals surface area (Å²) >= 11 is 6.64. The number of sulfone groups is 1. The second kappa shape index (κ2) is 14.2. The van der Waals surface area contributed by atoms with Crippen molar-refractivity contribution in [1.29, 1.82) is 5.26 Å². The van der Waals surface area contributed by atoms with E-state index in [-0.39, 0.29) is 27.4 Å². The lowest BCUT2D eigenvalue weighted by Crippen LogP contribution is -2.66. The number of amides is 2. The lowest BCUT2D eigenvalue weighted by molar-refractivity contribution is -0.145. The fraction of sp³-hybridized carbons (Fsp3) is 0.500. The second-order valence-electron chi connectivity index (χ2n) is 14.9. The molecule has 2 aliphatic heterocycles. The summed E-state index contributed by atoms with van der Waals surface area (Å²) in [4.78, 5) is 29.8. The van der Waals surface area contributed by atoms with E-state index in [0.717, 1.165) is 0 Å². The van der Waals surface area contributed by atoms with Crippen molar-refractivity contribution in [2.24, 2.45) is 5.92 Å². The van der Waals surface area contributed by atoms with Crippen LogP contribution in [-0.2, 0) is 34.1 Å². The first-order chi connectivity index (χ1) is 23.9. The summed E-state index contributed by atoms with van der Waals surface area (Å²) in [5.74, 6) is -1.59. The van der Waals surface area contributed by atoms with Gasteiger partial charge in [0.2, 0.25) is 26.6 Å². The van der Waals surface area contributed by atoms with Crippen LogP contribution in [0.2, 0.25) is 21.6 Å². The van der Waals surface area contributed by atoms with E-state index in [1.807, 2.05) is 11.0 Å². The number of hydrogen-bond donors (Lipinski definition) is 1. The van der Waals surface area contributed by atoms with Crippen LogP contribution < -0.4 is 5.32 Å². The number of nitrogens with one attached hydrogen (secondary N) is 1. The molecular weight excluding hydrogens is 704 g/mol. The number of halogens is 1. The number of methoxy groups -OCH3 is 1. The van der Waals surface area contributed by atoms with Gasteiger partial charge in [0.15, 0.2) is 0 Å². The van der Waals surface area contributed by atoms with Crippen molar-refractivity contribution in [3.8, 4) is 6.07 Å². The molecular formula is C38H49ClN4O6SSi. The molecule has 1 fully saturated rings. The van der Waals surface area contributed by atoms with Crippen LogP contribution in [-0.4, -0.2) is 77.1 Å². The average Bonchev–Trinajstić information content (AvgIpc) is 3.68. The van der Waals surface area contributed by atoms with Crippen molar-refractivity contribution in [3.05, 3.63) is 82.6 Å². The van der Waals surface area contributed by atoms with E-state index in [9.17, 15) is 14.9 Å². The minimum Gasteiger partial charge on any atom is -0.543 e. The lowest BCUT2D eigenvalue weighted by atomic mass is 9.72. The molecule has 4 atom stereocenters. The van der Waals surface area contributed by atoms with Crippen LogP contribution in [0, 0.1) is 17.2 Å². The number of carbonyl (C=O) groups excluding carboxylic acids is 2. The average molecular weight is 753 g/mol. The zero-order valence-electron chi connectivity index (χ0n) is 30.9. The van der Waals surface area contributed by atoms with Crippen molar-refractivity contribution in [1.82, 2.24) is 9.80 Å². The highest BCUT2D eigenvalue weighted by molar-refractivity contribution is 7.92. The van der Waals surface area contributed by atoms with Gasteiger partial charge in [0.25, 0.3) is 8.32 Å². The Labute approximate surface area is 308 Å². The number of fused-ring (bicyclic) bond motifs is 1. The first-order valence-corrected chi connectivity index (χ1v) is 21.4. The van der Waals surface area contributed by atoms with E-state index < -0.39 is 46.5 Å². The topological polar surface area (TPSA) is 129 Å². The van der Waals surface area contributed by atoms with Gasteiger partial charge in [0, 0.05) is 50.1 Å². The zero-order valence-corrected chi connectivity index (χ0v) is 33.4. The van der Waals surface area contributed by atoms with E-state index in [1.165, 1.54) is 42.4 Å². The van der Waals surface area contributed by atoms with Crippen LogP contribution in [0.4, 0.5) is 5.69 Å². The standard InChI is InChI=1S/C38H49ClN4O6SSi/c1-24(2)51(25(3)4,26(5)6)49-29-15-19-34(37(22-29,48-9)50(46,47)30-16-12-27(23-40)13-17-30)38(43-20-10-11-33(43)35(44)42(7)8)31-21-28(39)14-18-32(31)41-36(38)45/h12-19,21-22,24-26,33-34H,10-11,20H2,1-9H3,(H,41,45)/t33-,34?,37?,38?/m0/s1. The normalized spacial score (nSPS) is 25.2. The fourth-order valence-electron chi connectivity index (χ4n) is 8.94. The summed E-state index contributed by atoms with van der Waals surface area (Å²) < 4.78 is 44.2. The van der Waals surface area contributed by atoms with Gasteiger partial charge < -0.3 is 19.4 Å². The molecule has 0 spiro atoms. The molecule has 2 aromatic carbocycles. The molecule has 51 heavy (non-hydrogen) atoms. The molecule has 3 unspecified atom stereocenters. The van der Waals surface area contributed by atoms with Gasteiger partial charge >= 0.3 is 0 Å². The van der Waals surface area contributed by atoms with Crippen LogP contribution in [0.5, 0.6) is 0 Å². The smallest absolute Gasteiger partial charge is 0.258 e. The van der Waals surface area contributed by atoms with Gasteiger partial charge in [0.05, 0.1) is 28.5 Å². The lowest BCUT2D eigenvalue weighted by Gasteiger charge is -2.51. The Balaban J connectivity index is 1.87. The van der Waals surface area contributed by atoms with Crippen molar-refractivity contribution in [2.45, 2.75) is 92.4 Å². The molecule has 13 heteroatoms. The Morgan fingerprint density at radius 1 is 1.08 bits per heavy atom. The number of nitrogens with zero attached hydrogens (tertiary/aromatic N) is 3. The van der Waals surface area contributed by atoms with Gasteiger partial charge in [-0.25, -0.2) is 8.42 Å². The number of benzene rings is 2. The van der Waals surface area contributed by atoms with E-state index in [4.69, 9.17) is 20.8 Å². The third-order valence-corrected chi connectivity index (χ3v) is 19.6. The van der Waals surface area contributed by atoms with Crippen LogP contribution in [0.15, 0.2) is 71.3 Å². The van der Waals surface area contributed by atoms with Gasteiger partial charge in [0.1, 0.15) is 11.3 Å². The predicted octanol–water partition coefficient (Wildman–Crippen LogP) is 6.99. The van der Waals surface area contributed by atoms with Crippen molar-refractivity contribution < 1.29 is 27.2 Å². The van der Waals surface area contributed by atoms with Gasteiger partial charge in [-0.3, -0.25) is 14.5 Å². The van der Waals surface area contributed by atoms with Gasteiger partial charge in [-0.1, -0.05) is 59.2 Å². The number of rotatable bonds is 11. The number of likely N-dealkylation sites (N-methyl/N-ethyl adjacent to an activating group) is 1. The Bertz CT molecular complexity index is 1880. The van der Waals surface area contributed by atoms with E-state index in [2.05, 4.69) is 46.9 Å². The number of nitriles is 1. The second-order valence-corrected chi connectivity index (χ2v) is 22.8. The third kappa shape index (κ3) is 5.95. The number of carbonyl (C=O) groups is 2. The number of ether oxygens (including phenoxy) is 1. The number of allylic oxidation sites excluding steroid dienone is 1. The molecule has 0 saturated carbocycles. The molecule has 2 aromatic rings. The van der Waals surface area contributed by atoms with Crippen LogP contribution in [0.1, 0.15) is 65.5 Å². The minimum absolute atomic E-state index is 0.0958. The van der Waals surface area contributed by atoms with Gasteiger partial charge in [-0.2, -0.15) is 5.26 Å². The number of anilines is 1. The van der Waals surface area contributed by atoms with Gasteiger partial charge in [-0.05, 0) is 78.0 Å². The van der Waals surface area contributed by atoms with Crippen LogP contribution >= 0.6 is 11.6 Å². The number of hydrogen-bond acceptors (Lipinski definition) is 8. The monoisotopic (exact) mass is 752 g/mol. The molecule has 2 amide bonds. The number of likely N-dealkylation sites (tertiary alicyclic amines) is 1. The molecule has 2 heterocycles. The first kappa shape index (κ1) is 38.8. The van der Waals surface area contributed by atoms with Crippen molar-refractivity contribution in [2.75, 3.05) is 33.1 Å². The van der Waals surface area contributed by atoms with E-state index >= 15 is 8.42 Å². The first-order valence-electron chi connectivity index (χ1n) is 17.4. The molecule has 0 bridgehead atoms. The minimum atomic E-state index is -4.55.